The van der Waals surface area contributed by atoms with E-state index in [9.17, 15) is 14.4 Å². The van der Waals surface area contributed by atoms with Gasteiger partial charge < -0.3 is 20.3 Å². The molecule has 0 bridgehead atoms. The van der Waals surface area contributed by atoms with Crippen LogP contribution >= 0.6 is 0 Å². The molecule has 2 rings (SSSR count). The van der Waals surface area contributed by atoms with Gasteiger partial charge in [-0.25, -0.2) is 4.79 Å². The summed E-state index contributed by atoms with van der Waals surface area (Å²) in [5.74, 6) is -0.805. The zero-order chi connectivity index (χ0) is 29.5. The molecule has 2 aromatic rings. The van der Waals surface area contributed by atoms with E-state index >= 15 is 0 Å². The molecule has 7 nitrogen and oxygen atoms in total. The highest BCUT2D eigenvalue weighted by molar-refractivity contribution is 5.93. The Morgan fingerprint density at radius 1 is 0.949 bits per heavy atom. The number of aryl methyl sites for hydroxylation is 2. The fraction of sp³-hybridized carbons (Fsp3) is 0.531. The van der Waals surface area contributed by atoms with E-state index in [-0.39, 0.29) is 17.7 Å². The molecule has 0 radical (unpaired) electrons. The molecule has 0 fully saturated rings. The first kappa shape index (κ1) is 31.9. The van der Waals surface area contributed by atoms with Gasteiger partial charge in [0.15, 0.2) is 0 Å². The average molecular weight is 538 g/mol. The molecular weight excluding hydrogens is 490 g/mol. The van der Waals surface area contributed by atoms with Crippen LogP contribution < -0.4 is 10.6 Å². The van der Waals surface area contributed by atoms with Crippen LogP contribution in [0.1, 0.15) is 90.1 Å². The Hall–Kier alpha value is -3.35. The Bertz CT molecular complexity index is 1130. The number of hydrogen-bond donors (Lipinski definition) is 2. The summed E-state index contributed by atoms with van der Waals surface area (Å²) in [6.45, 7) is 19.2. The van der Waals surface area contributed by atoms with E-state index in [1.807, 2.05) is 97.0 Å². The van der Waals surface area contributed by atoms with Crippen LogP contribution in [0.5, 0.6) is 0 Å². The Morgan fingerprint density at radius 3 is 2.10 bits per heavy atom. The van der Waals surface area contributed by atoms with Gasteiger partial charge in [0.25, 0.3) is 0 Å². The Kier molecular flexibility index (Phi) is 10.7. The van der Waals surface area contributed by atoms with Gasteiger partial charge in [-0.05, 0) is 78.0 Å². The smallest absolute Gasteiger partial charge is 0.408 e. The molecule has 0 heterocycles. The van der Waals surface area contributed by atoms with Gasteiger partial charge >= 0.3 is 6.09 Å². The molecule has 0 saturated heterocycles. The van der Waals surface area contributed by atoms with E-state index in [2.05, 4.69) is 10.6 Å². The number of nitrogens with zero attached hydrogens (tertiary/aromatic N) is 1. The Morgan fingerprint density at radius 2 is 1.56 bits per heavy atom. The minimum atomic E-state index is -0.909. The molecule has 0 aromatic heterocycles. The highest BCUT2D eigenvalue weighted by Gasteiger charge is 2.43. The van der Waals surface area contributed by atoms with Gasteiger partial charge in [0.05, 0.1) is 0 Å². The SMILES string of the molecule is CCC(C)C(NC(=O)OC(C)(C)C)C(=O)N(C(C(=O)NCc1ccccc1)c1cc(C)ccc1C)C(C)(C)C. The van der Waals surface area contributed by atoms with Crippen LogP contribution in [0.2, 0.25) is 0 Å². The van der Waals surface area contributed by atoms with Crippen molar-refractivity contribution in [2.24, 2.45) is 5.92 Å². The normalized spacial score (nSPS) is 14.1. The maximum Gasteiger partial charge on any atom is 0.408 e. The van der Waals surface area contributed by atoms with Crippen LogP contribution in [-0.2, 0) is 20.9 Å². The van der Waals surface area contributed by atoms with Crippen molar-refractivity contribution in [3.8, 4) is 0 Å². The molecule has 7 heteroatoms. The van der Waals surface area contributed by atoms with Crippen molar-refractivity contribution in [1.29, 1.82) is 0 Å². The lowest BCUT2D eigenvalue weighted by Gasteiger charge is -2.44. The largest absolute Gasteiger partial charge is 0.444 e. The van der Waals surface area contributed by atoms with Gasteiger partial charge in [0, 0.05) is 12.1 Å². The number of nitrogens with one attached hydrogen (secondary N) is 2. The van der Waals surface area contributed by atoms with Crippen LogP contribution in [0.15, 0.2) is 48.5 Å². The van der Waals surface area contributed by atoms with Crippen molar-refractivity contribution in [2.75, 3.05) is 0 Å². The molecule has 0 spiro atoms. The fourth-order valence-electron chi connectivity index (χ4n) is 4.45. The number of carbonyl (C=O) groups excluding carboxylic acids is 3. The van der Waals surface area contributed by atoms with Crippen molar-refractivity contribution in [1.82, 2.24) is 15.5 Å². The summed E-state index contributed by atoms with van der Waals surface area (Å²) in [6, 6.07) is 13.8. The second-order valence-corrected chi connectivity index (χ2v) is 12.4. The van der Waals surface area contributed by atoms with Crippen LogP contribution in [0.3, 0.4) is 0 Å². The van der Waals surface area contributed by atoms with Crippen molar-refractivity contribution < 1.29 is 19.1 Å². The molecular formula is C32H47N3O4. The van der Waals surface area contributed by atoms with Crippen LogP contribution in [0.4, 0.5) is 4.79 Å². The molecule has 3 atom stereocenters. The van der Waals surface area contributed by atoms with Crippen molar-refractivity contribution in [2.45, 2.75) is 105 Å². The molecule has 0 aliphatic carbocycles. The number of ether oxygens (including phenoxy) is 1. The topological polar surface area (TPSA) is 87.7 Å². The summed E-state index contributed by atoms with van der Waals surface area (Å²) >= 11 is 0. The standard InChI is InChI=1S/C32H47N3O4/c1-11-22(3)26(34-30(38)39-32(8,9)10)29(37)35(31(5,6)7)27(25-19-21(2)17-18-23(25)4)28(36)33-20-24-15-13-12-14-16-24/h12-19,22,26-27H,11,20H2,1-10H3,(H,33,36)(H,34,38). The van der Waals surface area contributed by atoms with Crippen LogP contribution in [0.25, 0.3) is 0 Å². The summed E-state index contributed by atoms with van der Waals surface area (Å²) in [5.41, 5.74) is 2.15. The molecule has 214 valence electrons. The van der Waals surface area contributed by atoms with Crippen molar-refractivity contribution >= 4 is 17.9 Å². The fourth-order valence-corrected chi connectivity index (χ4v) is 4.45. The van der Waals surface area contributed by atoms with Crippen molar-refractivity contribution in [3.05, 3.63) is 70.8 Å². The summed E-state index contributed by atoms with van der Waals surface area (Å²) in [5, 5.41) is 5.88. The number of alkyl carbamates (subject to hydrolysis) is 1. The average Bonchev–Trinajstić information content (AvgIpc) is 2.84. The third kappa shape index (κ3) is 9.12. The number of benzene rings is 2. The minimum Gasteiger partial charge on any atom is -0.444 e. The van der Waals surface area contributed by atoms with E-state index in [1.165, 1.54) is 0 Å². The van der Waals surface area contributed by atoms with Crippen LogP contribution in [-0.4, -0.2) is 40.0 Å². The zero-order valence-corrected chi connectivity index (χ0v) is 25.3. The lowest BCUT2D eigenvalue weighted by atomic mass is 9.89. The lowest BCUT2D eigenvalue weighted by molar-refractivity contribution is -0.149. The first-order valence-electron chi connectivity index (χ1n) is 13.8. The maximum atomic E-state index is 14.5. The molecule has 0 aliphatic rings. The third-order valence-corrected chi connectivity index (χ3v) is 6.66. The zero-order valence-electron chi connectivity index (χ0n) is 25.3. The van der Waals surface area contributed by atoms with E-state index in [0.717, 1.165) is 22.3 Å². The monoisotopic (exact) mass is 537 g/mol. The molecule has 3 unspecified atom stereocenters. The van der Waals surface area contributed by atoms with E-state index in [4.69, 9.17) is 4.74 Å². The number of hydrogen-bond acceptors (Lipinski definition) is 4. The van der Waals surface area contributed by atoms with Gasteiger partial charge in [0.1, 0.15) is 17.7 Å². The lowest BCUT2D eigenvalue weighted by Crippen LogP contribution is -2.60. The summed E-state index contributed by atoms with van der Waals surface area (Å²) in [6.07, 6.45) is -0.00903. The summed E-state index contributed by atoms with van der Waals surface area (Å²) in [4.78, 5) is 42.9. The van der Waals surface area contributed by atoms with Crippen LogP contribution in [0, 0.1) is 19.8 Å². The van der Waals surface area contributed by atoms with Gasteiger partial charge in [-0.15, -0.1) is 0 Å². The van der Waals surface area contributed by atoms with E-state index < -0.39 is 29.3 Å². The first-order valence-corrected chi connectivity index (χ1v) is 13.8. The summed E-state index contributed by atoms with van der Waals surface area (Å²) in [7, 11) is 0. The number of rotatable bonds is 9. The highest BCUT2D eigenvalue weighted by Crippen LogP contribution is 2.33. The second kappa shape index (κ2) is 13.1. The van der Waals surface area contributed by atoms with Gasteiger partial charge in [-0.2, -0.15) is 0 Å². The summed E-state index contributed by atoms with van der Waals surface area (Å²) < 4.78 is 5.49. The van der Waals surface area contributed by atoms with Gasteiger partial charge in [-0.1, -0.05) is 74.4 Å². The van der Waals surface area contributed by atoms with Crippen molar-refractivity contribution in [3.63, 3.8) is 0 Å². The minimum absolute atomic E-state index is 0.193. The van der Waals surface area contributed by atoms with E-state index in [1.54, 1.807) is 25.7 Å². The molecule has 2 aromatic carbocycles. The third-order valence-electron chi connectivity index (χ3n) is 6.66. The highest BCUT2D eigenvalue weighted by atomic mass is 16.6. The predicted octanol–water partition coefficient (Wildman–Crippen LogP) is 6.23. The quantitative estimate of drug-likeness (QED) is 0.397. The molecule has 2 N–H and O–H groups in total. The molecule has 0 aliphatic heterocycles. The number of carbonyl (C=O) groups is 3. The molecule has 0 saturated carbocycles. The predicted molar refractivity (Wildman–Crippen MR) is 156 cm³/mol. The molecule has 3 amide bonds. The Balaban J connectivity index is 2.60. The Labute approximate surface area is 234 Å². The van der Waals surface area contributed by atoms with Gasteiger partial charge in [0.2, 0.25) is 11.8 Å². The van der Waals surface area contributed by atoms with Gasteiger partial charge in [-0.3, -0.25) is 9.59 Å². The second-order valence-electron chi connectivity index (χ2n) is 12.4. The first-order chi connectivity index (χ1) is 18.0. The molecule has 39 heavy (non-hydrogen) atoms. The maximum absolute atomic E-state index is 14.5. The van der Waals surface area contributed by atoms with E-state index in [0.29, 0.717) is 13.0 Å². The number of amides is 3.